The summed E-state index contributed by atoms with van der Waals surface area (Å²) in [6, 6.07) is 0. The van der Waals surface area contributed by atoms with E-state index >= 15 is 0 Å². The molecule has 0 radical (unpaired) electrons. The van der Waals surface area contributed by atoms with Crippen molar-refractivity contribution in [3.05, 3.63) is 0 Å². The summed E-state index contributed by atoms with van der Waals surface area (Å²) in [6.07, 6.45) is -5.81. The highest BCUT2D eigenvalue weighted by Gasteiger charge is 2.34. The van der Waals surface area contributed by atoms with Gasteiger partial charge in [0, 0.05) is 6.54 Å². The predicted molar refractivity (Wildman–Crippen MR) is 46.2 cm³/mol. The van der Waals surface area contributed by atoms with Crippen LogP contribution in [0.4, 0.5) is 18.0 Å². The molecule has 1 heterocycles. The predicted octanol–water partition coefficient (Wildman–Crippen LogP) is 1.11. The van der Waals surface area contributed by atoms with Crippen LogP contribution in [-0.4, -0.2) is 42.9 Å². The number of nitrogens with zero attached hydrogens (tertiary/aromatic N) is 1. The maximum atomic E-state index is 11.9. The number of alkyl halides is 3. The molecule has 1 aliphatic heterocycles. The zero-order valence-corrected chi connectivity index (χ0v) is 8.09. The summed E-state index contributed by atoms with van der Waals surface area (Å²) in [7, 11) is 0. The molecular weight excluding hydrogens is 213 g/mol. The van der Waals surface area contributed by atoms with Crippen molar-refractivity contribution in [2.24, 2.45) is 5.73 Å². The Bertz CT molecular complexity index is 232. The highest BCUT2D eigenvalue weighted by Crippen LogP contribution is 2.22. The third-order valence-corrected chi connectivity index (χ3v) is 2.10. The third-order valence-electron chi connectivity index (χ3n) is 2.10. The largest absolute Gasteiger partial charge is 0.444 e. The molecule has 1 unspecified atom stereocenters. The molecule has 0 spiro atoms. The maximum absolute atomic E-state index is 11.9. The van der Waals surface area contributed by atoms with Crippen LogP contribution in [0, 0.1) is 0 Å². The van der Waals surface area contributed by atoms with Gasteiger partial charge >= 0.3 is 12.3 Å². The van der Waals surface area contributed by atoms with Gasteiger partial charge in [-0.2, -0.15) is 13.2 Å². The lowest BCUT2D eigenvalue weighted by Gasteiger charge is -2.13. The van der Waals surface area contributed by atoms with E-state index in [0.29, 0.717) is 13.0 Å². The lowest BCUT2D eigenvalue weighted by molar-refractivity contribution is -0.136. The van der Waals surface area contributed by atoms with Crippen molar-refractivity contribution in [3.8, 4) is 0 Å². The van der Waals surface area contributed by atoms with E-state index in [9.17, 15) is 18.0 Å². The molecule has 0 bridgehead atoms. The molecule has 1 atom stereocenters. The first-order valence-corrected chi connectivity index (χ1v) is 4.65. The second-order valence-electron chi connectivity index (χ2n) is 3.39. The maximum Gasteiger partial charge on any atom is 0.410 e. The van der Waals surface area contributed by atoms with Gasteiger partial charge in [-0.1, -0.05) is 0 Å². The molecule has 0 aromatic heterocycles. The Morgan fingerprint density at radius 2 is 2.20 bits per heavy atom. The van der Waals surface area contributed by atoms with Gasteiger partial charge in [-0.15, -0.1) is 0 Å². The molecule has 0 aliphatic carbocycles. The van der Waals surface area contributed by atoms with Gasteiger partial charge in [0.05, 0.1) is 13.0 Å². The first-order valence-electron chi connectivity index (χ1n) is 4.65. The van der Waals surface area contributed by atoms with Crippen molar-refractivity contribution < 1.29 is 22.7 Å². The first-order chi connectivity index (χ1) is 6.92. The highest BCUT2D eigenvalue weighted by molar-refractivity contribution is 5.69. The van der Waals surface area contributed by atoms with E-state index in [-0.39, 0.29) is 19.2 Å². The Hall–Kier alpha value is -0.980. The second kappa shape index (κ2) is 4.69. The van der Waals surface area contributed by atoms with E-state index in [1.54, 1.807) is 0 Å². The van der Waals surface area contributed by atoms with Crippen LogP contribution in [0.2, 0.25) is 0 Å². The fourth-order valence-corrected chi connectivity index (χ4v) is 1.36. The van der Waals surface area contributed by atoms with Gasteiger partial charge in [-0.05, 0) is 13.0 Å². The minimum Gasteiger partial charge on any atom is -0.444 e. The van der Waals surface area contributed by atoms with Crippen LogP contribution >= 0.6 is 0 Å². The van der Waals surface area contributed by atoms with Gasteiger partial charge < -0.3 is 15.4 Å². The number of hydrogen-bond donors (Lipinski definition) is 1. The monoisotopic (exact) mass is 226 g/mol. The van der Waals surface area contributed by atoms with Crippen LogP contribution in [0.1, 0.15) is 12.8 Å². The summed E-state index contributed by atoms with van der Waals surface area (Å²) in [5.74, 6) is 0. The summed E-state index contributed by atoms with van der Waals surface area (Å²) < 4.78 is 40.5. The van der Waals surface area contributed by atoms with Crippen molar-refractivity contribution in [3.63, 3.8) is 0 Å². The first kappa shape index (κ1) is 12.1. The summed E-state index contributed by atoms with van der Waals surface area (Å²) in [4.78, 5) is 12.1. The van der Waals surface area contributed by atoms with Gasteiger partial charge in [-0.25, -0.2) is 4.79 Å². The molecule has 2 N–H and O–H groups in total. The number of cyclic esters (lactones) is 1. The van der Waals surface area contributed by atoms with Crippen LogP contribution in [0.15, 0.2) is 0 Å². The number of carbonyl (C=O) groups is 1. The molecule has 88 valence electrons. The van der Waals surface area contributed by atoms with Crippen LogP contribution in [0.5, 0.6) is 0 Å². The van der Waals surface area contributed by atoms with E-state index in [1.807, 2.05) is 0 Å². The number of halogens is 3. The van der Waals surface area contributed by atoms with Crippen LogP contribution in [0.25, 0.3) is 0 Å². The highest BCUT2D eigenvalue weighted by atomic mass is 19.4. The summed E-state index contributed by atoms with van der Waals surface area (Å²) >= 11 is 0. The third kappa shape index (κ3) is 3.94. The number of nitrogens with two attached hydrogens (primary N) is 1. The van der Waals surface area contributed by atoms with Crippen molar-refractivity contribution in [2.45, 2.75) is 25.1 Å². The van der Waals surface area contributed by atoms with Crippen molar-refractivity contribution >= 4 is 6.09 Å². The fraction of sp³-hybridized carbons (Fsp3) is 0.875. The molecule has 1 saturated heterocycles. The standard InChI is InChI=1S/C8H13F3N2O2/c9-8(10,11)2-4-13-5-6(1-3-12)15-7(13)14/h6H,1-5,12H2. The molecular formula is C8H13F3N2O2. The average Bonchev–Trinajstić information content (AvgIpc) is 2.42. The van der Waals surface area contributed by atoms with E-state index in [0.717, 1.165) is 4.90 Å². The summed E-state index contributed by atoms with van der Waals surface area (Å²) in [5.41, 5.74) is 5.25. The van der Waals surface area contributed by atoms with Crippen molar-refractivity contribution in [2.75, 3.05) is 19.6 Å². The lowest BCUT2D eigenvalue weighted by atomic mass is 10.2. The topological polar surface area (TPSA) is 55.6 Å². The summed E-state index contributed by atoms with van der Waals surface area (Å²) in [5, 5.41) is 0. The summed E-state index contributed by atoms with van der Waals surface area (Å²) in [6.45, 7) is 0.209. The molecule has 7 heteroatoms. The second-order valence-corrected chi connectivity index (χ2v) is 3.39. The SMILES string of the molecule is NCCC1CN(CCC(F)(F)F)C(=O)O1. The number of hydrogen-bond acceptors (Lipinski definition) is 3. The average molecular weight is 226 g/mol. The van der Waals surface area contributed by atoms with Crippen LogP contribution < -0.4 is 5.73 Å². The Morgan fingerprint density at radius 1 is 1.53 bits per heavy atom. The number of ether oxygens (including phenoxy) is 1. The number of amides is 1. The molecule has 1 rings (SSSR count). The zero-order valence-electron chi connectivity index (χ0n) is 8.09. The molecule has 0 aromatic rings. The van der Waals surface area contributed by atoms with Gasteiger partial charge in [0.1, 0.15) is 6.10 Å². The van der Waals surface area contributed by atoms with Crippen molar-refractivity contribution in [1.29, 1.82) is 0 Å². The Balaban J connectivity index is 2.34. The van der Waals surface area contributed by atoms with Crippen molar-refractivity contribution in [1.82, 2.24) is 4.90 Å². The van der Waals surface area contributed by atoms with Crippen LogP contribution in [-0.2, 0) is 4.74 Å². The van der Waals surface area contributed by atoms with E-state index in [2.05, 4.69) is 0 Å². The Labute approximate surface area is 85.2 Å². The fourth-order valence-electron chi connectivity index (χ4n) is 1.36. The van der Waals surface area contributed by atoms with E-state index in [4.69, 9.17) is 10.5 Å². The molecule has 1 aliphatic rings. The van der Waals surface area contributed by atoms with Crippen LogP contribution in [0.3, 0.4) is 0 Å². The van der Waals surface area contributed by atoms with Gasteiger partial charge in [-0.3, -0.25) is 0 Å². The Morgan fingerprint density at radius 3 is 2.73 bits per heavy atom. The molecule has 15 heavy (non-hydrogen) atoms. The molecule has 4 nitrogen and oxygen atoms in total. The van der Waals surface area contributed by atoms with Gasteiger partial charge in [0.15, 0.2) is 0 Å². The molecule has 0 saturated carbocycles. The quantitative estimate of drug-likeness (QED) is 0.781. The van der Waals surface area contributed by atoms with Gasteiger partial charge in [0.2, 0.25) is 0 Å². The minimum absolute atomic E-state index is 0.201. The normalized spacial score (nSPS) is 22.0. The Kier molecular flexibility index (Phi) is 3.78. The molecule has 1 fully saturated rings. The molecule has 1 amide bonds. The lowest BCUT2D eigenvalue weighted by Crippen LogP contribution is -2.29. The molecule has 0 aromatic carbocycles. The minimum atomic E-state index is -4.24. The van der Waals surface area contributed by atoms with Gasteiger partial charge in [0.25, 0.3) is 0 Å². The van der Waals surface area contributed by atoms with E-state index < -0.39 is 18.7 Å². The number of rotatable bonds is 4. The smallest absolute Gasteiger partial charge is 0.410 e. The van der Waals surface area contributed by atoms with E-state index in [1.165, 1.54) is 0 Å². The number of carbonyl (C=O) groups excluding carboxylic acids is 1. The zero-order chi connectivity index (χ0) is 11.5.